The topological polar surface area (TPSA) is 76.1 Å². The Bertz CT molecular complexity index is 812. The first-order valence-corrected chi connectivity index (χ1v) is 8.88. The number of alkyl halides is 3. The molecule has 10 heteroatoms. The lowest BCUT2D eigenvalue weighted by atomic mass is 10.2. The van der Waals surface area contributed by atoms with Crippen molar-refractivity contribution in [2.45, 2.75) is 16.9 Å². The van der Waals surface area contributed by atoms with Gasteiger partial charge in [0, 0.05) is 12.5 Å². The van der Waals surface area contributed by atoms with Gasteiger partial charge in [-0.05, 0) is 24.3 Å². The Morgan fingerprint density at radius 3 is 2.43 bits per heavy atom. The zero-order chi connectivity index (χ0) is 17.3. The number of amides is 1. The number of pyridine rings is 1. The lowest BCUT2D eigenvalue weighted by Gasteiger charge is -2.07. The average Bonchev–Trinajstić information content (AvgIpc) is 2.94. The van der Waals surface area contributed by atoms with Gasteiger partial charge in [0.2, 0.25) is 0 Å². The van der Waals surface area contributed by atoms with E-state index < -0.39 is 27.5 Å². The molecule has 2 heterocycles. The Kier molecular flexibility index (Phi) is 4.76. The monoisotopic (exact) mass is 364 g/mol. The number of nitrogens with one attached hydrogen (secondary N) is 1. The molecular weight excluding hydrogens is 353 g/mol. The van der Waals surface area contributed by atoms with Crippen molar-refractivity contribution in [3.63, 3.8) is 0 Å². The summed E-state index contributed by atoms with van der Waals surface area (Å²) in [7, 11) is -3.38. The van der Waals surface area contributed by atoms with E-state index >= 15 is 0 Å². The van der Waals surface area contributed by atoms with Crippen LogP contribution in [0.1, 0.15) is 20.9 Å². The van der Waals surface area contributed by atoms with Crippen LogP contribution in [0.15, 0.2) is 34.7 Å². The van der Waals surface area contributed by atoms with Gasteiger partial charge in [-0.1, -0.05) is 0 Å². The second-order valence-electron chi connectivity index (χ2n) is 4.61. The molecule has 0 unspecified atom stereocenters. The molecule has 0 aliphatic carbocycles. The van der Waals surface area contributed by atoms with Gasteiger partial charge in [-0.2, -0.15) is 13.2 Å². The molecule has 2 aromatic rings. The highest BCUT2D eigenvalue weighted by molar-refractivity contribution is 7.92. The van der Waals surface area contributed by atoms with E-state index in [0.717, 1.165) is 23.7 Å². The SMILES string of the molecule is CS(=O)(=O)c1ccc(C(=O)NCc2ccc(C(F)(F)F)cn2)s1. The fourth-order valence-electron chi connectivity index (χ4n) is 1.60. The predicted octanol–water partition coefficient (Wildman–Crippen LogP) is 2.50. The van der Waals surface area contributed by atoms with Crippen molar-refractivity contribution in [3.05, 3.63) is 46.6 Å². The molecule has 0 aliphatic heterocycles. The number of carbonyl (C=O) groups is 1. The van der Waals surface area contributed by atoms with Gasteiger partial charge in [-0.3, -0.25) is 9.78 Å². The number of sulfone groups is 1. The van der Waals surface area contributed by atoms with Gasteiger partial charge in [-0.25, -0.2) is 8.42 Å². The molecule has 0 fully saturated rings. The molecule has 23 heavy (non-hydrogen) atoms. The zero-order valence-electron chi connectivity index (χ0n) is 11.7. The van der Waals surface area contributed by atoms with Crippen LogP contribution < -0.4 is 5.32 Å². The van der Waals surface area contributed by atoms with Gasteiger partial charge in [0.15, 0.2) is 9.84 Å². The van der Waals surface area contributed by atoms with Crippen LogP contribution >= 0.6 is 11.3 Å². The van der Waals surface area contributed by atoms with Crippen molar-refractivity contribution in [2.75, 3.05) is 6.26 Å². The lowest BCUT2D eigenvalue weighted by molar-refractivity contribution is -0.137. The molecule has 1 amide bonds. The molecule has 5 nitrogen and oxygen atoms in total. The summed E-state index contributed by atoms with van der Waals surface area (Å²) in [6.07, 6.45) is -2.74. The van der Waals surface area contributed by atoms with Crippen LogP contribution in [0.4, 0.5) is 13.2 Å². The Hall–Kier alpha value is -1.94. The van der Waals surface area contributed by atoms with E-state index in [-0.39, 0.29) is 21.3 Å². The maximum atomic E-state index is 12.4. The summed E-state index contributed by atoms with van der Waals surface area (Å²) in [5.41, 5.74) is -0.616. The average molecular weight is 364 g/mol. The van der Waals surface area contributed by atoms with E-state index in [2.05, 4.69) is 10.3 Å². The first kappa shape index (κ1) is 17.4. The van der Waals surface area contributed by atoms with Crippen LogP contribution in [-0.2, 0) is 22.6 Å². The second-order valence-corrected chi connectivity index (χ2v) is 7.94. The van der Waals surface area contributed by atoms with Crippen LogP contribution in [0, 0.1) is 0 Å². The Morgan fingerprint density at radius 1 is 1.26 bits per heavy atom. The molecule has 0 bridgehead atoms. The number of thiophene rings is 1. The summed E-state index contributed by atoms with van der Waals surface area (Å²) in [4.78, 5) is 15.7. The predicted molar refractivity (Wildman–Crippen MR) is 77.8 cm³/mol. The minimum atomic E-state index is -4.46. The van der Waals surface area contributed by atoms with Crippen molar-refractivity contribution in [2.24, 2.45) is 0 Å². The van der Waals surface area contributed by atoms with Crippen molar-refractivity contribution < 1.29 is 26.4 Å². The highest BCUT2D eigenvalue weighted by atomic mass is 32.2. The van der Waals surface area contributed by atoms with E-state index in [1.165, 1.54) is 18.2 Å². The van der Waals surface area contributed by atoms with E-state index in [1.807, 2.05) is 0 Å². The van der Waals surface area contributed by atoms with E-state index in [0.29, 0.717) is 6.20 Å². The van der Waals surface area contributed by atoms with Gasteiger partial charge >= 0.3 is 6.18 Å². The molecule has 0 saturated carbocycles. The summed E-state index contributed by atoms with van der Waals surface area (Å²) < 4.78 is 59.9. The lowest BCUT2D eigenvalue weighted by Crippen LogP contribution is -2.22. The van der Waals surface area contributed by atoms with Crippen LogP contribution in [0.25, 0.3) is 0 Å². The van der Waals surface area contributed by atoms with Crippen LogP contribution in [0.5, 0.6) is 0 Å². The fourth-order valence-corrected chi connectivity index (χ4v) is 3.44. The first-order chi connectivity index (χ1) is 10.6. The van der Waals surface area contributed by atoms with Crippen molar-refractivity contribution in [3.8, 4) is 0 Å². The van der Waals surface area contributed by atoms with Crippen molar-refractivity contribution >= 4 is 27.1 Å². The maximum absolute atomic E-state index is 12.4. The summed E-state index contributed by atoms with van der Waals surface area (Å²) >= 11 is 0.820. The van der Waals surface area contributed by atoms with Gasteiger partial charge in [-0.15, -0.1) is 11.3 Å². The number of hydrogen-bond acceptors (Lipinski definition) is 5. The number of nitrogens with zero attached hydrogens (tertiary/aromatic N) is 1. The number of rotatable bonds is 4. The summed E-state index contributed by atoms with van der Waals surface area (Å²) in [5.74, 6) is -0.522. The molecule has 0 atom stereocenters. The van der Waals surface area contributed by atoms with Gasteiger partial charge in [0.05, 0.1) is 22.7 Å². The number of carbonyl (C=O) groups excluding carboxylic acids is 1. The van der Waals surface area contributed by atoms with Crippen molar-refractivity contribution in [1.29, 1.82) is 0 Å². The van der Waals surface area contributed by atoms with Gasteiger partial charge < -0.3 is 5.32 Å². The molecule has 2 aromatic heterocycles. The standard InChI is InChI=1S/C13H11F3N2O3S2/c1-23(20,21)11-5-4-10(22-11)12(19)18-7-9-3-2-8(6-17-9)13(14,15)16/h2-6H,7H2,1H3,(H,18,19). The molecular formula is C13H11F3N2O3S2. The minimum Gasteiger partial charge on any atom is -0.346 e. The fraction of sp³-hybridized carbons (Fsp3) is 0.231. The Labute approximate surface area is 134 Å². The zero-order valence-corrected chi connectivity index (χ0v) is 13.3. The highest BCUT2D eigenvalue weighted by Gasteiger charge is 2.30. The minimum absolute atomic E-state index is 0.0651. The summed E-state index contributed by atoms with van der Waals surface area (Å²) in [6, 6.07) is 4.74. The van der Waals surface area contributed by atoms with Crippen LogP contribution in [-0.4, -0.2) is 25.6 Å². The first-order valence-electron chi connectivity index (χ1n) is 6.17. The molecule has 0 radical (unpaired) electrons. The smallest absolute Gasteiger partial charge is 0.346 e. The highest BCUT2D eigenvalue weighted by Crippen LogP contribution is 2.28. The second kappa shape index (κ2) is 6.28. The quantitative estimate of drug-likeness (QED) is 0.904. The van der Waals surface area contributed by atoms with Gasteiger partial charge in [0.25, 0.3) is 5.91 Å². The van der Waals surface area contributed by atoms with Crippen molar-refractivity contribution in [1.82, 2.24) is 10.3 Å². The number of aromatic nitrogens is 1. The number of halogens is 3. The third-order valence-electron chi connectivity index (χ3n) is 2.75. The molecule has 124 valence electrons. The molecule has 0 aromatic carbocycles. The largest absolute Gasteiger partial charge is 0.417 e. The third kappa shape index (κ3) is 4.52. The normalized spacial score (nSPS) is 12.2. The molecule has 2 rings (SSSR count). The molecule has 0 aliphatic rings. The summed E-state index contributed by atoms with van der Waals surface area (Å²) in [6.45, 7) is -0.0664. The van der Waals surface area contributed by atoms with Crippen LogP contribution in [0.2, 0.25) is 0 Å². The van der Waals surface area contributed by atoms with E-state index in [1.54, 1.807) is 0 Å². The maximum Gasteiger partial charge on any atom is 0.417 e. The Morgan fingerprint density at radius 2 is 1.96 bits per heavy atom. The molecule has 0 spiro atoms. The molecule has 1 N–H and O–H groups in total. The third-order valence-corrected chi connectivity index (χ3v) is 5.66. The molecule has 0 saturated heterocycles. The van der Waals surface area contributed by atoms with Gasteiger partial charge in [0.1, 0.15) is 4.21 Å². The van der Waals surface area contributed by atoms with Crippen LogP contribution in [0.3, 0.4) is 0 Å². The van der Waals surface area contributed by atoms with E-state index in [9.17, 15) is 26.4 Å². The summed E-state index contributed by atoms with van der Waals surface area (Å²) in [5, 5.41) is 2.47. The number of hydrogen-bond donors (Lipinski definition) is 1. The Balaban J connectivity index is 2.01. The van der Waals surface area contributed by atoms with E-state index in [4.69, 9.17) is 0 Å².